The lowest BCUT2D eigenvalue weighted by molar-refractivity contribution is -0.295. The van der Waals surface area contributed by atoms with Crippen molar-refractivity contribution in [3.63, 3.8) is 0 Å². The fourth-order valence-electron chi connectivity index (χ4n) is 8.14. The number of carbonyl (C=O) groups excluding carboxylic acids is 2. The van der Waals surface area contributed by atoms with Gasteiger partial charge < -0.3 is 33.9 Å². The molecule has 0 amide bonds. The molecule has 1 aromatic carbocycles. The molecule has 0 aliphatic carbocycles. The minimum Gasteiger partial charge on any atom is -0.457 e. The summed E-state index contributed by atoms with van der Waals surface area (Å²) in [5.41, 5.74) is -1.92. The summed E-state index contributed by atoms with van der Waals surface area (Å²) in [5, 5.41) is 12.1. The number of halogens is 1. The first-order valence-corrected chi connectivity index (χ1v) is 17.9. The maximum absolute atomic E-state index is 14.5. The van der Waals surface area contributed by atoms with Crippen molar-refractivity contribution >= 4 is 23.4 Å². The zero-order valence-electron chi connectivity index (χ0n) is 30.8. The van der Waals surface area contributed by atoms with E-state index in [9.17, 15) is 14.7 Å². The maximum atomic E-state index is 14.5. The summed E-state index contributed by atoms with van der Waals surface area (Å²) in [6.45, 7) is 14.8. The number of ether oxygens (including phenoxy) is 4. The van der Waals surface area contributed by atoms with Gasteiger partial charge in [-0.3, -0.25) is 14.5 Å². The van der Waals surface area contributed by atoms with Gasteiger partial charge >= 0.3 is 5.97 Å². The second-order valence-corrected chi connectivity index (χ2v) is 16.3. The van der Waals surface area contributed by atoms with E-state index in [4.69, 9.17) is 30.5 Å². The van der Waals surface area contributed by atoms with Crippen molar-refractivity contribution in [1.82, 2.24) is 14.7 Å². The van der Waals surface area contributed by atoms with Crippen LogP contribution in [0.15, 0.2) is 24.3 Å². The largest absolute Gasteiger partial charge is 0.457 e. The van der Waals surface area contributed by atoms with Gasteiger partial charge in [0, 0.05) is 69.7 Å². The number of piperidine rings is 1. The first-order valence-electron chi connectivity index (χ1n) is 17.5. The van der Waals surface area contributed by atoms with Crippen molar-refractivity contribution < 1.29 is 33.6 Å². The van der Waals surface area contributed by atoms with Crippen LogP contribution in [0.1, 0.15) is 72.8 Å². The summed E-state index contributed by atoms with van der Waals surface area (Å²) < 4.78 is 25.6. The summed E-state index contributed by atoms with van der Waals surface area (Å²) >= 11 is 6.10. The first kappa shape index (κ1) is 39.2. The number of aliphatic hydroxyl groups is 1. The molecule has 0 radical (unpaired) electrons. The smallest absolute Gasteiger partial charge is 0.319 e. The quantitative estimate of drug-likeness (QED) is 0.335. The van der Waals surface area contributed by atoms with Crippen molar-refractivity contribution in [2.75, 3.05) is 54.4 Å². The third kappa shape index (κ3) is 8.99. The minimum atomic E-state index is -1.45. The number of nitrogens with zero attached hydrogens (tertiary/aromatic N) is 3. The van der Waals surface area contributed by atoms with Crippen LogP contribution < -0.4 is 0 Å². The molecule has 0 saturated carbocycles. The van der Waals surface area contributed by atoms with Crippen LogP contribution in [0.25, 0.3) is 0 Å². The molecule has 8 atom stereocenters. The van der Waals surface area contributed by atoms with Crippen molar-refractivity contribution in [3.8, 4) is 0 Å². The number of rotatable bonds is 6. The second-order valence-electron chi connectivity index (χ2n) is 15.9. The van der Waals surface area contributed by atoms with Gasteiger partial charge in [-0.1, -0.05) is 37.6 Å². The van der Waals surface area contributed by atoms with E-state index in [1.165, 1.54) is 5.56 Å². The molecule has 1 N–H and O–H groups in total. The lowest BCUT2D eigenvalue weighted by atomic mass is 9.74. The van der Waals surface area contributed by atoms with Crippen LogP contribution >= 0.6 is 11.6 Å². The van der Waals surface area contributed by atoms with Crippen molar-refractivity contribution in [3.05, 3.63) is 34.9 Å². The molecule has 3 aliphatic heterocycles. The van der Waals surface area contributed by atoms with E-state index in [2.05, 4.69) is 23.8 Å². The topological polar surface area (TPSA) is 101 Å². The zero-order valence-corrected chi connectivity index (χ0v) is 31.6. The highest BCUT2D eigenvalue weighted by Crippen LogP contribution is 2.40. The average Bonchev–Trinajstić information content (AvgIpc) is 3.01. The Balaban J connectivity index is 1.62. The van der Waals surface area contributed by atoms with E-state index in [-0.39, 0.29) is 23.8 Å². The predicted octanol–water partition coefficient (Wildman–Crippen LogP) is 4.64. The summed E-state index contributed by atoms with van der Waals surface area (Å²) in [6.07, 6.45) is -0.317. The highest BCUT2D eigenvalue weighted by molar-refractivity contribution is 6.30. The summed E-state index contributed by atoms with van der Waals surface area (Å²) in [4.78, 5) is 35.2. The Morgan fingerprint density at radius 1 is 1.06 bits per heavy atom. The molecule has 3 aliphatic rings. The number of aliphatic hydroxyl groups excluding tert-OH is 1. The van der Waals surface area contributed by atoms with E-state index >= 15 is 0 Å². The Kier molecular flexibility index (Phi) is 12.8. The van der Waals surface area contributed by atoms with Crippen LogP contribution in [-0.4, -0.2) is 128 Å². The normalized spacial score (nSPS) is 35.9. The number of methoxy groups -OCH3 is 1. The van der Waals surface area contributed by atoms with E-state index in [1.54, 1.807) is 27.9 Å². The molecule has 0 unspecified atom stereocenters. The Bertz CT molecular complexity index is 1240. The van der Waals surface area contributed by atoms with Crippen LogP contribution in [0, 0.1) is 17.3 Å². The van der Waals surface area contributed by atoms with Crippen molar-refractivity contribution in [2.45, 2.75) is 116 Å². The standard InChI is InChI=1S/C37H60ClN3O7/c1-24-20-36(6,45-10)32(47-33-30(42)29(39(7)8)19-25(2)46-33)26(3)31(43)35(4,5)34(44)48-37(23-40(9)21-24)15-17-41(18-16-37)22-27-11-13-28(38)14-12-27/h11-14,24-26,29-30,32-33,42H,15-23H2,1-10H3/t24-,25-,26+,29+,30-,32-,33+,36-/m1/s1. The van der Waals surface area contributed by atoms with Crippen molar-refractivity contribution in [1.29, 1.82) is 0 Å². The molecule has 10 nitrogen and oxygen atoms in total. The van der Waals surface area contributed by atoms with Crippen LogP contribution in [0.4, 0.5) is 0 Å². The number of ketones is 1. The predicted molar refractivity (Wildman–Crippen MR) is 187 cm³/mol. The van der Waals surface area contributed by atoms with Gasteiger partial charge in [0.25, 0.3) is 0 Å². The number of Topliss-reactive ketones (excluding diaryl/α,β-unsaturated/α-hetero) is 1. The Morgan fingerprint density at radius 2 is 1.69 bits per heavy atom. The van der Waals surface area contributed by atoms with Gasteiger partial charge in [0.1, 0.15) is 17.1 Å². The fraction of sp³-hybridized carbons (Fsp3) is 0.784. The van der Waals surface area contributed by atoms with E-state index in [0.29, 0.717) is 37.3 Å². The molecule has 272 valence electrons. The first-order chi connectivity index (χ1) is 22.4. The van der Waals surface area contributed by atoms with Gasteiger partial charge in [-0.15, -0.1) is 0 Å². The van der Waals surface area contributed by atoms with Gasteiger partial charge in [0.15, 0.2) is 12.1 Å². The average molecular weight is 694 g/mol. The van der Waals surface area contributed by atoms with Crippen molar-refractivity contribution in [2.24, 2.45) is 17.3 Å². The highest BCUT2D eigenvalue weighted by atomic mass is 35.5. The molecule has 1 spiro atoms. The SMILES string of the molecule is CO[C@]1(C)C[C@@H](C)CN(C)CC2(CCN(Cc3ccc(Cl)cc3)CC2)OC(=O)C(C)(C)C(=O)[C@H](C)[C@H]1O[C@@H]1O[C@H](C)C[C@H](N(C)C)[C@H]1O. The molecule has 4 rings (SSSR count). The van der Waals surface area contributed by atoms with E-state index in [0.717, 1.165) is 26.2 Å². The zero-order chi connectivity index (χ0) is 35.6. The number of likely N-dealkylation sites (N-methyl/N-ethyl adjacent to an activating group) is 2. The highest BCUT2D eigenvalue weighted by Gasteiger charge is 2.53. The molecule has 48 heavy (non-hydrogen) atoms. The molecule has 0 aromatic heterocycles. The van der Waals surface area contributed by atoms with Gasteiger partial charge in [-0.25, -0.2) is 0 Å². The van der Waals surface area contributed by atoms with Gasteiger partial charge in [-0.05, 0) is 85.3 Å². The number of carbonyl (C=O) groups is 2. The molecule has 3 saturated heterocycles. The van der Waals surface area contributed by atoms with Crippen LogP contribution in [0.5, 0.6) is 0 Å². The van der Waals surface area contributed by atoms with E-state index in [1.807, 2.05) is 57.1 Å². The number of esters is 1. The second kappa shape index (κ2) is 15.7. The van der Waals surface area contributed by atoms with Gasteiger partial charge in [0.05, 0.1) is 17.8 Å². The number of hydrogen-bond donors (Lipinski definition) is 1. The Hall–Kier alpha value is -1.63. The van der Waals surface area contributed by atoms with E-state index < -0.39 is 47.0 Å². The molecule has 3 heterocycles. The van der Waals surface area contributed by atoms with Crippen LogP contribution in [0.2, 0.25) is 5.02 Å². The molecule has 0 bridgehead atoms. The lowest BCUT2D eigenvalue weighted by Crippen LogP contribution is -2.59. The summed E-state index contributed by atoms with van der Waals surface area (Å²) in [5.74, 6) is -1.45. The minimum absolute atomic E-state index is 0.144. The number of benzene rings is 1. The lowest BCUT2D eigenvalue weighted by Gasteiger charge is -2.47. The molecule has 3 fully saturated rings. The Labute approximate surface area is 293 Å². The third-order valence-electron chi connectivity index (χ3n) is 11.0. The third-order valence-corrected chi connectivity index (χ3v) is 11.2. The van der Waals surface area contributed by atoms with Gasteiger partial charge in [0.2, 0.25) is 0 Å². The van der Waals surface area contributed by atoms with Crippen LogP contribution in [0.3, 0.4) is 0 Å². The van der Waals surface area contributed by atoms with Gasteiger partial charge in [-0.2, -0.15) is 0 Å². The molecular weight excluding hydrogens is 634 g/mol. The number of likely N-dealkylation sites (tertiary alicyclic amines) is 1. The monoisotopic (exact) mass is 693 g/mol. The molecule has 1 aromatic rings. The maximum Gasteiger partial charge on any atom is 0.319 e. The van der Waals surface area contributed by atoms with Crippen LogP contribution in [-0.2, 0) is 35.1 Å². The Morgan fingerprint density at radius 3 is 2.27 bits per heavy atom. The fourth-order valence-corrected chi connectivity index (χ4v) is 8.27. The number of hydrogen-bond acceptors (Lipinski definition) is 10. The molecule has 11 heteroatoms. The molecular formula is C37H60ClN3O7. The summed E-state index contributed by atoms with van der Waals surface area (Å²) in [6, 6.07) is 7.73. The summed E-state index contributed by atoms with van der Waals surface area (Å²) in [7, 11) is 7.56.